The third-order valence-electron chi connectivity index (χ3n) is 6.01. The summed E-state index contributed by atoms with van der Waals surface area (Å²) in [5.74, 6) is 1.47. The zero-order valence-corrected chi connectivity index (χ0v) is 19.9. The van der Waals surface area contributed by atoms with Crippen LogP contribution in [-0.4, -0.2) is 75.5 Å². The molecule has 8 heteroatoms. The van der Waals surface area contributed by atoms with E-state index in [1.807, 2.05) is 34.5 Å². The van der Waals surface area contributed by atoms with E-state index in [0.29, 0.717) is 48.9 Å². The predicted octanol–water partition coefficient (Wildman–Crippen LogP) is 3.96. The number of Topliss-reactive ketones (excluding diaryl/α,β-unsaturated/α-hetero) is 1. The maximum atomic E-state index is 13.1. The number of rotatable bonds is 8. The summed E-state index contributed by atoms with van der Waals surface area (Å²) in [5.41, 5.74) is 1.31. The van der Waals surface area contributed by atoms with Crippen molar-refractivity contribution in [2.24, 2.45) is 0 Å². The number of ether oxygens (including phenoxy) is 3. The first-order valence-corrected chi connectivity index (χ1v) is 11.7. The summed E-state index contributed by atoms with van der Waals surface area (Å²) >= 11 is 1.61. The number of carbonyl (C=O) groups excluding carboxylic acids is 2. The molecule has 0 spiro atoms. The van der Waals surface area contributed by atoms with Crippen molar-refractivity contribution >= 4 is 33.1 Å². The van der Waals surface area contributed by atoms with Gasteiger partial charge in [0.15, 0.2) is 17.3 Å². The van der Waals surface area contributed by atoms with Crippen LogP contribution in [0.15, 0.2) is 41.8 Å². The monoisotopic (exact) mass is 468 g/mol. The number of benzene rings is 2. The average Bonchev–Trinajstić information content (AvgIpc) is 3.30. The summed E-state index contributed by atoms with van der Waals surface area (Å²) in [6, 6.07) is 11.4. The highest BCUT2D eigenvalue weighted by Crippen LogP contribution is 2.38. The number of hydrogen-bond donors (Lipinski definition) is 0. The maximum Gasteiger partial charge on any atom is 0.254 e. The van der Waals surface area contributed by atoms with E-state index in [0.717, 1.165) is 28.7 Å². The van der Waals surface area contributed by atoms with Crippen LogP contribution in [0.25, 0.3) is 10.1 Å². The Morgan fingerprint density at radius 2 is 1.61 bits per heavy atom. The van der Waals surface area contributed by atoms with Crippen LogP contribution >= 0.6 is 11.3 Å². The smallest absolute Gasteiger partial charge is 0.254 e. The first-order valence-electron chi connectivity index (χ1n) is 10.9. The van der Waals surface area contributed by atoms with Gasteiger partial charge in [-0.15, -0.1) is 11.3 Å². The Balaban J connectivity index is 1.34. The molecule has 1 amide bonds. The second-order valence-corrected chi connectivity index (χ2v) is 8.78. The Bertz CT molecular complexity index is 1130. The van der Waals surface area contributed by atoms with Gasteiger partial charge in [0.05, 0.1) is 21.3 Å². The molecule has 1 aliphatic heterocycles. The van der Waals surface area contributed by atoms with Crippen LogP contribution in [0.1, 0.15) is 27.1 Å². The van der Waals surface area contributed by atoms with Crippen LogP contribution in [-0.2, 0) is 0 Å². The normalized spacial score (nSPS) is 14.3. The van der Waals surface area contributed by atoms with E-state index in [1.165, 1.54) is 21.3 Å². The highest BCUT2D eigenvalue weighted by atomic mass is 32.1. The summed E-state index contributed by atoms with van der Waals surface area (Å²) in [6.45, 7) is 3.35. The minimum atomic E-state index is -0.0743. The predicted molar refractivity (Wildman–Crippen MR) is 129 cm³/mol. The molecule has 2 aromatic carbocycles. The number of ketones is 1. The molecule has 4 rings (SSSR count). The van der Waals surface area contributed by atoms with E-state index in [9.17, 15) is 9.59 Å². The van der Waals surface area contributed by atoms with Crippen LogP contribution < -0.4 is 14.2 Å². The quantitative estimate of drug-likeness (QED) is 0.466. The largest absolute Gasteiger partial charge is 0.493 e. The minimum absolute atomic E-state index is 0.0743. The molecule has 3 aromatic rings. The molecule has 1 aromatic heterocycles. The number of fused-ring (bicyclic) bond motifs is 1. The van der Waals surface area contributed by atoms with Crippen molar-refractivity contribution in [3.63, 3.8) is 0 Å². The van der Waals surface area contributed by atoms with Crippen LogP contribution in [0.4, 0.5) is 0 Å². The standard InChI is InChI=1S/C25H28N2O5S/c1-30-21-14-17(15-22(31-2)24(21)32-3)25(29)27-12-10-26(11-13-27)9-8-20(28)19-16-33-23-7-5-4-6-18(19)23/h4-7,14-16H,8-13H2,1-3H3. The van der Waals surface area contributed by atoms with Crippen molar-refractivity contribution in [3.05, 3.63) is 52.9 Å². The number of carbonyl (C=O) groups is 2. The highest BCUT2D eigenvalue weighted by molar-refractivity contribution is 7.17. The molecule has 0 N–H and O–H groups in total. The summed E-state index contributed by atoms with van der Waals surface area (Å²) < 4.78 is 17.2. The van der Waals surface area contributed by atoms with Crippen molar-refractivity contribution in [1.29, 1.82) is 0 Å². The zero-order chi connectivity index (χ0) is 23.4. The van der Waals surface area contributed by atoms with E-state index in [1.54, 1.807) is 23.5 Å². The molecule has 174 valence electrons. The number of hydrogen-bond acceptors (Lipinski definition) is 7. The summed E-state index contributed by atoms with van der Waals surface area (Å²) in [6.07, 6.45) is 0.474. The Labute approximate surface area is 197 Å². The van der Waals surface area contributed by atoms with Crippen molar-refractivity contribution in [2.75, 3.05) is 54.1 Å². The molecule has 0 bridgehead atoms. The second-order valence-electron chi connectivity index (χ2n) is 7.87. The Kier molecular flexibility index (Phi) is 7.15. The van der Waals surface area contributed by atoms with Crippen LogP contribution in [0, 0.1) is 0 Å². The van der Waals surface area contributed by atoms with E-state index in [4.69, 9.17) is 14.2 Å². The van der Waals surface area contributed by atoms with Gasteiger partial charge < -0.3 is 19.1 Å². The SMILES string of the molecule is COc1cc(C(=O)N2CCN(CCC(=O)c3csc4ccccc34)CC2)cc(OC)c1OC. The molecular weight excluding hydrogens is 440 g/mol. The maximum absolute atomic E-state index is 13.1. The molecule has 0 saturated carbocycles. The molecule has 0 unspecified atom stereocenters. The van der Waals surface area contributed by atoms with Crippen LogP contribution in [0.2, 0.25) is 0 Å². The zero-order valence-electron chi connectivity index (χ0n) is 19.1. The molecule has 0 aliphatic carbocycles. The number of amides is 1. The lowest BCUT2D eigenvalue weighted by Gasteiger charge is -2.34. The summed E-state index contributed by atoms with van der Waals surface area (Å²) in [4.78, 5) is 29.9. The van der Waals surface area contributed by atoms with Gasteiger partial charge >= 0.3 is 0 Å². The van der Waals surface area contributed by atoms with Gasteiger partial charge in [-0.25, -0.2) is 0 Å². The molecule has 33 heavy (non-hydrogen) atoms. The molecule has 2 heterocycles. The van der Waals surface area contributed by atoms with Crippen molar-refractivity contribution < 1.29 is 23.8 Å². The molecular formula is C25H28N2O5S. The lowest BCUT2D eigenvalue weighted by molar-refractivity contribution is 0.0627. The lowest BCUT2D eigenvalue weighted by Crippen LogP contribution is -2.49. The number of piperazine rings is 1. The van der Waals surface area contributed by atoms with Gasteiger partial charge in [0.1, 0.15) is 0 Å². The van der Waals surface area contributed by atoms with Gasteiger partial charge in [-0.1, -0.05) is 18.2 Å². The number of thiophene rings is 1. The van der Waals surface area contributed by atoms with Gasteiger partial charge in [0.25, 0.3) is 5.91 Å². The van der Waals surface area contributed by atoms with E-state index in [-0.39, 0.29) is 11.7 Å². The van der Waals surface area contributed by atoms with E-state index < -0.39 is 0 Å². The third kappa shape index (κ3) is 4.82. The Morgan fingerprint density at radius 3 is 2.24 bits per heavy atom. The first-order chi connectivity index (χ1) is 16.0. The molecule has 1 saturated heterocycles. The minimum Gasteiger partial charge on any atom is -0.493 e. The van der Waals surface area contributed by atoms with Crippen LogP contribution in [0.3, 0.4) is 0 Å². The average molecular weight is 469 g/mol. The molecule has 0 radical (unpaired) electrons. The first kappa shape index (κ1) is 23.1. The second kappa shape index (κ2) is 10.2. The van der Waals surface area contributed by atoms with Gasteiger partial charge in [0.2, 0.25) is 5.75 Å². The topological polar surface area (TPSA) is 68.3 Å². The van der Waals surface area contributed by atoms with Gasteiger partial charge in [-0.3, -0.25) is 14.5 Å². The van der Waals surface area contributed by atoms with E-state index in [2.05, 4.69) is 4.90 Å². The molecule has 1 fully saturated rings. The third-order valence-corrected chi connectivity index (χ3v) is 6.97. The fourth-order valence-corrected chi connectivity index (χ4v) is 5.12. The van der Waals surface area contributed by atoms with Gasteiger partial charge in [-0.05, 0) is 18.2 Å². The molecule has 1 aliphatic rings. The fraction of sp³-hybridized carbons (Fsp3) is 0.360. The van der Waals surface area contributed by atoms with Gasteiger partial charge in [0, 0.05) is 65.7 Å². The fourth-order valence-electron chi connectivity index (χ4n) is 4.15. The molecule has 0 atom stereocenters. The van der Waals surface area contributed by atoms with Crippen molar-refractivity contribution in [1.82, 2.24) is 9.80 Å². The highest BCUT2D eigenvalue weighted by Gasteiger charge is 2.25. The number of methoxy groups -OCH3 is 3. The Morgan fingerprint density at radius 1 is 0.939 bits per heavy atom. The Hall–Kier alpha value is -3.10. The van der Waals surface area contributed by atoms with Crippen molar-refractivity contribution in [3.8, 4) is 17.2 Å². The van der Waals surface area contributed by atoms with Gasteiger partial charge in [-0.2, -0.15) is 0 Å². The lowest BCUT2D eigenvalue weighted by atomic mass is 10.1. The van der Waals surface area contributed by atoms with Crippen molar-refractivity contribution in [2.45, 2.75) is 6.42 Å². The van der Waals surface area contributed by atoms with E-state index >= 15 is 0 Å². The summed E-state index contributed by atoms with van der Waals surface area (Å²) in [7, 11) is 4.60. The summed E-state index contributed by atoms with van der Waals surface area (Å²) in [5, 5.41) is 2.99. The molecule has 7 nitrogen and oxygen atoms in total. The van der Waals surface area contributed by atoms with Crippen LogP contribution in [0.5, 0.6) is 17.2 Å². The number of nitrogens with zero attached hydrogens (tertiary/aromatic N) is 2.